The Kier molecular flexibility index (Phi) is 6.24. The minimum atomic E-state index is -0.355. The van der Waals surface area contributed by atoms with Crippen LogP contribution in [0.1, 0.15) is 39.2 Å². The summed E-state index contributed by atoms with van der Waals surface area (Å²) in [5.41, 5.74) is 0.749. The van der Waals surface area contributed by atoms with Gasteiger partial charge in [-0.2, -0.15) is 0 Å². The van der Waals surface area contributed by atoms with E-state index in [1.54, 1.807) is 0 Å². The Morgan fingerprint density at radius 3 is 2.05 bits per heavy atom. The third-order valence-electron chi connectivity index (χ3n) is 4.95. The normalized spacial score (nSPS) is 16.0. The fourth-order valence-corrected chi connectivity index (χ4v) is 2.77. The van der Waals surface area contributed by atoms with Gasteiger partial charge in [0.05, 0.1) is 25.0 Å². The lowest BCUT2D eigenvalue weighted by atomic mass is 9.96. The zero-order valence-corrected chi connectivity index (χ0v) is 14.0. The molecular weight excluding hydrogens is 286 g/mol. The second-order valence-corrected chi connectivity index (χ2v) is 5.80. The zero-order valence-electron chi connectivity index (χ0n) is 13.3. The van der Waals surface area contributed by atoms with Gasteiger partial charge in [-0.3, -0.25) is 9.28 Å². The molecule has 1 aliphatic carbocycles. The zero-order chi connectivity index (χ0) is 14.6. The predicted octanol–water partition coefficient (Wildman–Crippen LogP) is 0.0994. The Balaban J connectivity index is 0.00000220. The minimum absolute atomic E-state index is 0. The van der Waals surface area contributed by atoms with Crippen molar-refractivity contribution in [1.82, 2.24) is 0 Å². The second-order valence-electron chi connectivity index (χ2n) is 5.80. The molecule has 0 aromatic heterocycles. The first kappa shape index (κ1) is 18.0. The minimum Gasteiger partial charge on any atom is -1.00 e. The van der Waals surface area contributed by atoms with Crippen molar-refractivity contribution in [2.45, 2.75) is 39.0 Å². The highest BCUT2D eigenvalue weighted by molar-refractivity contribution is 5.86. The van der Waals surface area contributed by atoms with Gasteiger partial charge >= 0.3 is 5.97 Å². The van der Waals surface area contributed by atoms with E-state index in [1.165, 1.54) is 0 Å². The van der Waals surface area contributed by atoms with Crippen LogP contribution < -0.4 is 12.4 Å². The maximum Gasteiger partial charge on any atom is 0.320 e. The van der Waals surface area contributed by atoms with E-state index in [0.29, 0.717) is 6.73 Å². The molecule has 0 aliphatic heterocycles. The highest BCUT2D eigenvalue weighted by Gasteiger charge is 2.53. The van der Waals surface area contributed by atoms with Crippen LogP contribution in [0.2, 0.25) is 0 Å². The van der Waals surface area contributed by atoms with E-state index in [2.05, 4.69) is 20.8 Å². The molecule has 118 valence electrons. The van der Waals surface area contributed by atoms with E-state index >= 15 is 0 Å². The Labute approximate surface area is 134 Å². The standard InChI is InChI=1S/C17H26NO2.ClH/c1-4-18(5-2,6-3)14-20-16(19)17(12-13-17)15-10-8-7-9-11-15;/h7-11H,4-6,12-14H2,1-3H3;1H/q+1;/p-1. The number of carbonyl (C=O) groups is 1. The molecule has 0 bridgehead atoms. The molecule has 0 N–H and O–H groups in total. The number of rotatable bonds is 7. The Bertz CT molecular complexity index is 445. The first-order valence-electron chi connectivity index (χ1n) is 7.70. The van der Waals surface area contributed by atoms with Crippen molar-refractivity contribution in [2.24, 2.45) is 0 Å². The van der Waals surface area contributed by atoms with Crippen LogP contribution in [-0.4, -0.2) is 36.8 Å². The van der Waals surface area contributed by atoms with E-state index in [0.717, 1.165) is 42.5 Å². The number of quaternary nitrogens is 1. The Morgan fingerprint density at radius 2 is 1.62 bits per heavy atom. The van der Waals surface area contributed by atoms with Gasteiger partial charge in [0, 0.05) is 0 Å². The van der Waals surface area contributed by atoms with Crippen molar-refractivity contribution in [1.29, 1.82) is 0 Å². The van der Waals surface area contributed by atoms with E-state index in [9.17, 15) is 4.79 Å². The molecule has 1 saturated carbocycles. The van der Waals surface area contributed by atoms with Crippen molar-refractivity contribution in [3.63, 3.8) is 0 Å². The number of carbonyl (C=O) groups excluding carboxylic acids is 1. The van der Waals surface area contributed by atoms with Gasteiger partial charge < -0.3 is 17.1 Å². The largest absolute Gasteiger partial charge is 1.00 e. The molecule has 0 unspecified atom stereocenters. The van der Waals surface area contributed by atoms with Gasteiger partial charge in [0.15, 0.2) is 0 Å². The van der Waals surface area contributed by atoms with E-state index in [1.807, 2.05) is 30.3 Å². The topological polar surface area (TPSA) is 26.3 Å². The maximum absolute atomic E-state index is 12.5. The second kappa shape index (κ2) is 7.28. The molecule has 1 fully saturated rings. The number of esters is 1. The number of ether oxygens (including phenoxy) is 1. The van der Waals surface area contributed by atoms with Gasteiger partial charge in [0.2, 0.25) is 6.73 Å². The summed E-state index contributed by atoms with van der Waals surface area (Å²) in [5.74, 6) is -0.0402. The van der Waals surface area contributed by atoms with Gasteiger partial charge in [0.25, 0.3) is 0 Å². The van der Waals surface area contributed by atoms with Gasteiger partial charge in [-0.1, -0.05) is 30.3 Å². The van der Waals surface area contributed by atoms with Crippen molar-refractivity contribution in [2.75, 3.05) is 26.4 Å². The molecule has 1 aliphatic rings. The first-order valence-corrected chi connectivity index (χ1v) is 7.70. The van der Waals surface area contributed by atoms with Gasteiger partial charge in [-0.15, -0.1) is 0 Å². The smallest absolute Gasteiger partial charge is 0.320 e. The molecule has 2 rings (SSSR count). The monoisotopic (exact) mass is 311 g/mol. The van der Waals surface area contributed by atoms with Gasteiger partial charge in [0.1, 0.15) is 0 Å². The Hall–Kier alpha value is -1.06. The lowest BCUT2D eigenvalue weighted by molar-refractivity contribution is -0.938. The highest BCUT2D eigenvalue weighted by Crippen LogP contribution is 2.49. The summed E-state index contributed by atoms with van der Waals surface area (Å²) in [6, 6.07) is 10.0. The highest BCUT2D eigenvalue weighted by atomic mass is 35.5. The lowest BCUT2D eigenvalue weighted by Crippen LogP contribution is -3.00. The summed E-state index contributed by atoms with van der Waals surface area (Å²) in [4.78, 5) is 12.5. The molecule has 1 aromatic rings. The molecule has 0 amide bonds. The van der Waals surface area contributed by atoms with E-state index < -0.39 is 0 Å². The number of nitrogens with zero attached hydrogens (tertiary/aromatic N) is 1. The molecular formula is C17H26ClNO2. The van der Waals surface area contributed by atoms with Crippen LogP contribution >= 0.6 is 0 Å². The molecule has 4 heteroatoms. The van der Waals surface area contributed by atoms with Crippen molar-refractivity contribution < 1.29 is 26.4 Å². The van der Waals surface area contributed by atoms with Crippen LogP contribution in [0, 0.1) is 0 Å². The summed E-state index contributed by atoms with van der Waals surface area (Å²) in [7, 11) is 0. The van der Waals surface area contributed by atoms with Crippen LogP contribution in [0.25, 0.3) is 0 Å². The van der Waals surface area contributed by atoms with Crippen molar-refractivity contribution in [3.8, 4) is 0 Å². The quantitative estimate of drug-likeness (QED) is 0.406. The molecule has 0 heterocycles. The molecule has 0 atom stereocenters. The third kappa shape index (κ3) is 3.58. The summed E-state index contributed by atoms with van der Waals surface area (Å²) < 4.78 is 6.54. The summed E-state index contributed by atoms with van der Waals surface area (Å²) in [5, 5.41) is 0. The predicted molar refractivity (Wildman–Crippen MR) is 80.2 cm³/mol. The van der Waals surface area contributed by atoms with Crippen LogP contribution in [-0.2, 0) is 14.9 Å². The van der Waals surface area contributed by atoms with Crippen LogP contribution in [0.5, 0.6) is 0 Å². The van der Waals surface area contributed by atoms with Crippen LogP contribution in [0.15, 0.2) is 30.3 Å². The molecule has 1 aromatic carbocycles. The van der Waals surface area contributed by atoms with Crippen LogP contribution in [0.4, 0.5) is 0 Å². The molecule has 21 heavy (non-hydrogen) atoms. The number of hydrogen-bond donors (Lipinski definition) is 0. The molecule has 0 saturated heterocycles. The van der Waals surface area contributed by atoms with Gasteiger partial charge in [-0.25, -0.2) is 0 Å². The lowest BCUT2D eigenvalue weighted by Gasteiger charge is -2.35. The summed E-state index contributed by atoms with van der Waals surface area (Å²) in [6.45, 7) is 9.97. The summed E-state index contributed by atoms with van der Waals surface area (Å²) >= 11 is 0. The van der Waals surface area contributed by atoms with Crippen molar-refractivity contribution >= 4 is 5.97 Å². The van der Waals surface area contributed by atoms with E-state index in [-0.39, 0.29) is 23.8 Å². The Morgan fingerprint density at radius 1 is 1.10 bits per heavy atom. The van der Waals surface area contributed by atoms with E-state index in [4.69, 9.17) is 4.74 Å². The SMILES string of the molecule is CC[N+](CC)(CC)COC(=O)C1(c2ccccc2)CC1.[Cl-]. The number of halogens is 1. The summed E-state index contributed by atoms with van der Waals surface area (Å²) in [6.07, 6.45) is 1.83. The fraction of sp³-hybridized carbons (Fsp3) is 0.588. The maximum atomic E-state index is 12.5. The molecule has 0 spiro atoms. The number of hydrogen-bond acceptors (Lipinski definition) is 2. The fourth-order valence-electron chi connectivity index (χ4n) is 2.77. The molecule has 3 nitrogen and oxygen atoms in total. The van der Waals surface area contributed by atoms with Crippen molar-refractivity contribution in [3.05, 3.63) is 35.9 Å². The first-order chi connectivity index (χ1) is 9.62. The number of benzene rings is 1. The van der Waals surface area contributed by atoms with Crippen LogP contribution in [0.3, 0.4) is 0 Å². The molecule has 0 radical (unpaired) electrons. The average molecular weight is 312 g/mol. The average Bonchev–Trinajstić information content (AvgIpc) is 3.32. The van der Waals surface area contributed by atoms with Gasteiger partial charge in [-0.05, 0) is 39.2 Å². The third-order valence-corrected chi connectivity index (χ3v) is 4.95.